The molecule has 1 aromatic rings. The summed E-state index contributed by atoms with van der Waals surface area (Å²) >= 11 is 0. The number of hydrogen-bond donors (Lipinski definition) is 1. The normalized spacial score (nSPS) is 24.0. The van der Waals surface area contributed by atoms with Gasteiger partial charge in [0.15, 0.2) is 0 Å². The highest BCUT2D eigenvalue weighted by molar-refractivity contribution is 5.58. The predicted molar refractivity (Wildman–Crippen MR) is 70.5 cm³/mol. The summed E-state index contributed by atoms with van der Waals surface area (Å²) in [5, 5.41) is 10.7. The molecule has 18 heavy (non-hydrogen) atoms. The number of nitrogens with zero attached hydrogens (tertiary/aromatic N) is 3. The van der Waals surface area contributed by atoms with Gasteiger partial charge in [-0.05, 0) is 31.7 Å². The number of nitrogens with two attached hydrogens (primary N) is 1. The monoisotopic (exact) mass is 250 g/mol. The van der Waals surface area contributed by atoms with Gasteiger partial charge >= 0.3 is 5.69 Å². The molecule has 1 aliphatic heterocycles. The standard InChI is InChI=1S/C12H18N4O2/c1-8-3-4-9(2)15(7-8)11-6-5-10(16(17)18)12(13)14-11/h5-6,8-9H,3-4,7H2,1-2H3,(H2,13,14). The van der Waals surface area contributed by atoms with Crippen LogP contribution in [0.1, 0.15) is 26.7 Å². The van der Waals surface area contributed by atoms with E-state index in [9.17, 15) is 10.1 Å². The Balaban J connectivity index is 2.28. The first-order valence-electron chi connectivity index (χ1n) is 6.16. The Morgan fingerprint density at radius 3 is 2.78 bits per heavy atom. The smallest absolute Gasteiger partial charge is 0.311 e. The van der Waals surface area contributed by atoms with E-state index in [1.165, 1.54) is 12.5 Å². The number of hydrogen-bond acceptors (Lipinski definition) is 5. The van der Waals surface area contributed by atoms with E-state index in [4.69, 9.17) is 5.73 Å². The molecule has 0 radical (unpaired) electrons. The summed E-state index contributed by atoms with van der Waals surface area (Å²) in [5.41, 5.74) is 5.50. The van der Waals surface area contributed by atoms with Gasteiger partial charge in [-0.3, -0.25) is 10.1 Å². The fourth-order valence-electron chi connectivity index (χ4n) is 2.38. The lowest BCUT2D eigenvalue weighted by Gasteiger charge is -2.37. The zero-order valence-corrected chi connectivity index (χ0v) is 10.7. The van der Waals surface area contributed by atoms with Crippen LogP contribution >= 0.6 is 0 Å². The first-order valence-corrected chi connectivity index (χ1v) is 6.16. The van der Waals surface area contributed by atoms with Crippen molar-refractivity contribution in [2.75, 3.05) is 17.2 Å². The maximum absolute atomic E-state index is 10.7. The maximum Gasteiger partial charge on any atom is 0.311 e. The van der Waals surface area contributed by atoms with Crippen molar-refractivity contribution in [1.82, 2.24) is 4.98 Å². The maximum atomic E-state index is 10.7. The summed E-state index contributed by atoms with van der Waals surface area (Å²) in [4.78, 5) is 16.5. The van der Waals surface area contributed by atoms with Crippen LogP contribution in [0.25, 0.3) is 0 Å². The molecule has 0 aliphatic carbocycles. The van der Waals surface area contributed by atoms with Gasteiger partial charge in [-0.2, -0.15) is 0 Å². The van der Waals surface area contributed by atoms with Gasteiger partial charge in [0.25, 0.3) is 0 Å². The zero-order valence-electron chi connectivity index (χ0n) is 10.7. The lowest BCUT2D eigenvalue weighted by molar-refractivity contribution is -0.384. The van der Waals surface area contributed by atoms with Gasteiger partial charge < -0.3 is 10.6 Å². The predicted octanol–water partition coefficient (Wildman–Crippen LogP) is 2.20. The second-order valence-electron chi connectivity index (χ2n) is 5.01. The van der Waals surface area contributed by atoms with E-state index in [1.807, 2.05) is 0 Å². The number of nitro groups is 1. The third-order valence-electron chi connectivity index (χ3n) is 3.50. The highest BCUT2D eigenvalue weighted by Crippen LogP contribution is 2.29. The molecule has 2 rings (SSSR count). The van der Waals surface area contributed by atoms with Crippen LogP contribution < -0.4 is 10.6 Å². The average molecular weight is 250 g/mol. The van der Waals surface area contributed by atoms with E-state index in [-0.39, 0.29) is 11.5 Å². The van der Waals surface area contributed by atoms with Crippen LogP contribution in [-0.4, -0.2) is 22.5 Å². The number of anilines is 2. The van der Waals surface area contributed by atoms with Crippen LogP contribution in [0.5, 0.6) is 0 Å². The minimum Gasteiger partial charge on any atom is -0.378 e. The molecule has 0 amide bonds. The summed E-state index contributed by atoms with van der Waals surface area (Å²) in [7, 11) is 0. The van der Waals surface area contributed by atoms with Gasteiger partial charge in [-0.1, -0.05) is 6.92 Å². The molecule has 2 heterocycles. The molecule has 0 saturated carbocycles. The molecule has 6 heteroatoms. The molecular weight excluding hydrogens is 232 g/mol. The molecule has 1 fully saturated rings. The Kier molecular flexibility index (Phi) is 3.36. The molecule has 1 saturated heterocycles. The summed E-state index contributed by atoms with van der Waals surface area (Å²) in [6.07, 6.45) is 2.32. The summed E-state index contributed by atoms with van der Waals surface area (Å²) in [6, 6.07) is 3.52. The van der Waals surface area contributed by atoms with Crippen molar-refractivity contribution in [3.63, 3.8) is 0 Å². The lowest BCUT2D eigenvalue weighted by atomic mass is 9.95. The third-order valence-corrected chi connectivity index (χ3v) is 3.50. The Bertz CT molecular complexity index is 463. The number of rotatable bonds is 2. The van der Waals surface area contributed by atoms with E-state index >= 15 is 0 Å². The van der Waals surface area contributed by atoms with Gasteiger partial charge in [-0.25, -0.2) is 4.98 Å². The molecule has 2 unspecified atom stereocenters. The molecule has 6 nitrogen and oxygen atoms in total. The number of aromatic nitrogens is 1. The minimum absolute atomic E-state index is 0.0112. The lowest BCUT2D eigenvalue weighted by Crippen LogP contribution is -2.41. The van der Waals surface area contributed by atoms with Gasteiger partial charge in [-0.15, -0.1) is 0 Å². The van der Waals surface area contributed by atoms with Crippen molar-refractivity contribution in [3.05, 3.63) is 22.2 Å². The Morgan fingerprint density at radius 1 is 1.44 bits per heavy atom. The summed E-state index contributed by atoms with van der Waals surface area (Å²) in [6.45, 7) is 5.27. The second-order valence-corrected chi connectivity index (χ2v) is 5.01. The van der Waals surface area contributed by atoms with Crippen LogP contribution in [0, 0.1) is 16.0 Å². The Hall–Kier alpha value is -1.85. The van der Waals surface area contributed by atoms with Crippen molar-refractivity contribution in [1.29, 1.82) is 0 Å². The largest absolute Gasteiger partial charge is 0.378 e. The highest BCUT2D eigenvalue weighted by atomic mass is 16.6. The molecule has 1 aliphatic rings. The minimum atomic E-state index is -0.506. The van der Waals surface area contributed by atoms with Gasteiger partial charge in [0, 0.05) is 18.7 Å². The quantitative estimate of drug-likeness (QED) is 0.642. The van der Waals surface area contributed by atoms with E-state index in [2.05, 4.69) is 23.7 Å². The fraction of sp³-hybridized carbons (Fsp3) is 0.583. The Morgan fingerprint density at radius 2 is 2.17 bits per heavy atom. The van der Waals surface area contributed by atoms with Crippen molar-refractivity contribution in [2.45, 2.75) is 32.7 Å². The number of piperidine rings is 1. The van der Waals surface area contributed by atoms with Crippen LogP contribution in [-0.2, 0) is 0 Å². The third kappa shape index (κ3) is 2.37. The fourth-order valence-corrected chi connectivity index (χ4v) is 2.38. The summed E-state index contributed by atoms with van der Waals surface area (Å²) < 4.78 is 0. The second kappa shape index (κ2) is 4.80. The molecular formula is C12H18N4O2. The van der Waals surface area contributed by atoms with E-state index in [0.717, 1.165) is 18.8 Å². The molecule has 0 spiro atoms. The zero-order chi connectivity index (χ0) is 13.3. The van der Waals surface area contributed by atoms with Crippen LogP contribution in [0.4, 0.5) is 17.3 Å². The molecule has 0 aromatic carbocycles. The average Bonchev–Trinajstić information content (AvgIpc) is 2.31. The first kappa shape index (κ1) is 12.6. The van der Waals surface area contributed by atoms with Crippen LogP contribution in [0.3, 0.4) is 0 Å². The van der Waals surface area contributed by atoms with Gasteiger partial charge in [0.05, 0.1) is 4.92 Å². The van der Waals surface area contributed by atoms with Crippen molar-refractivity contribution in [2.24, 2.45) is 5.92 Å². The molecule has 2 atom stereocenters. The SMILES string of the molecule is CC1CCC(C)N(c2ccc([N+](=O)[O-])c(N)n2)C1. The van der Waals surface area contributed by atoms with E-state index in [1.54, 1.807) is 6.07 Å². The van der Waals surface area contributed by atoms with Crippen molar-refractivity contribution < 1.29 is 4.92 Å². The van der Waals surface area contributed by atoms with Crippen molar-refractivity contribution >= 4 is 17.3 Å². The molecule has 98 valence electrons. The van der Waals surface area contributed by atoms with Crippen LogP contribution in [0.15, 0.2) is 12.1 Å². The van der Waals surface area contributed by atoms with Crippen LogP contribution in [0.2, 0.25) is 0 Å². The highest BCUT2D eigenvalue weighted by Gasteiger charge is 2.25. The van der Waals surface area contributed by atoms with Crippen molar-refractivity contribution in [3.8, 4) is 0 Å². The molecule has 0 bridgehead atoms. The molecule has 1 aromatic heterocycles. The van der Waals surface area contributed by atoms with Gasteiger partial charge in [0.2, 0.25) is 5.82 Å². The van der Waals surface area contributed by atoms with E-state index in [0.29, 0.717) is 12.0 Å². The van der Waals surface area contributed by atoms with Gasteiger partial charge in [0.1, 0.15) is 5.82 Å². The number of pyridine rings is 1. The number of nitrogen functional groups attached to an aromatic ring is 1. The Labute approximate surface area is 106 Å². The topological polar surface area (TPSA) is 85.3 Å². The van der Waals surface area contributed by atoms with E-state index < -0.39 is 4.92 Å². The molecule has 2 N–H and O–H groups in total. The summed E-state index contributed by atoms with van der Waals surface area (Å²) in [5.74, 6) is 1.33. The first-order chi connectivity index (χ1) is 8.49.